The molecular weight excluding hydrogens is 396 g/mol. The van der Waals surface area contributed by atoms with Gasteiger partial charge in [0, 0.05) is 36.5 Å². The number of carbonyl (C=O) groups is 2. The van der Waals surface area contributed by atoms with Gasteiger partial charge in [-0.3, -0.25) is 9.59 Å². The Morgan fingerprint density at radius 1 is 0.562 bits per heavy atom. The van der Waals surface area contributed by atoms with Gasteiger partial charge in [-0.15, -0.1) is 0 Å². The van der Waals surface area contributed by atoms with E-state index in [1.54, 1.807) is 0 Å². The molecule has 0 aliphatic carbocycles. The van der Waals surface area contributed by atoms with Gasteiger partial charge in [0.25, 0.3) is 0 Å². The lowest BCUT2D eigenvalue weighted by molar-refractivity contribution is -0.145. The Morgan fingerprint density at radius 2 is 0.938 bits per heavy atom. The van der Waals surface area contributed by atoms with E-state index < -0.39 is 0 Å². The molecule has 32 heavy (non-hydrogen) atoms. The van der Waals surface area contributed by atoms with Crippen LogP contribution < -0.4 is 0 Å². The Hall–Kier alpha value is -1.06. The molecule has 0 saturated heterocycles. The van der Waals surface area contributed by atoms with Crippen LogP contribution in [-0.4, -0.2) is 45.8 Å². The van der Waals surface area contributed by atoms with Gasteiger partial charge in [0.2, 0.25) is 11.8 Å². The largest absolute Gasteiger partial charge is 0.338 e. The highest BCUT2D eigenvalue weighted by Gasteiger charge is 2.31. The van der Waals surface area contributed by atoms with Gasteiger partial charge in [0.1, 0.15) is 0 Å². The van der Waals surface area contributed by atoms with Gasteiger partial charge in [0.15, 0.2) is 0 Å². The minimum atomic E-state index is -0.207. The van der Waals surface area contributed by atoms with Gasteiger partial charge < -0.3 is 9.80 Å². The highest BCUT2D eigenvalue weighted by Crippen LogP contribution is 2.23. The van der Waals surface area contributed by atoms with Crippen molar-refractivity contribution in [3.63, 3.8) is 0 Å². The van der Waals surface area contributed by atoms with Gasteiger partial charge in [-0.2, -0.15) is 0 Å². The van der Waals surface area contributed by atoms with Crippen molar-refractivity contribution < 1.29 is 9.59 Å². The van der Waals surface area contributed by atoms with Crippen molar-refractivity contribution in [1.82, 2.24) is 9.80 Å². The molecule has 190 valence electrons. The third-order valence-corrected chi connectivity index (χ3v) is 6.44. The Balaban J connectivity index is 4.87. The molecular formula is C28H56N2O2. The number of rotatable bonds is 18. The molecule has 0 aromatic heterocycles. The Labute approximate surface area is 200 Å². The van der Waals surface area contributed by atoms with Gasteiger partial charge in [-0.05, 0) is 61.8 Å². The van der Waals surface area contributed by atoms with E-state index in [4.69, 9.17) is 0 Å². The SMILES string of the molecule is CCCCCCCCCCCCC(CC(=O)N(C(C)C)C(C)C)C(=O)N(C(C)C)C(C)C. The van der Waals surface area contributed by atoms with E-state index in [9.17, 15) is 9.59 Å². The van der Waals surface area contributed by atoms with Crippen LogP contribution in [0.5, 0.6) is 0 Å². The van der Waals surface area contributed by atoms with E-state index in [-0.39, 0.29) is 41.9 Å². The lowest BCUT2D eigenvalue weighted by Gasteiger charge is -2.36. The first kappa shape index (κ1) is 30.9. The van der Waals surface area contributed by atoms with Crippen LogP contribution in [0.15, 0.2) is 0 Å². The molecule has 0 aromatic rings. The molecule has 0 spiro atoms. The average Bonchev–Trinajstić information content (AvgIpc) is 2.67. The fourth-order valence-electron chi connectivity index (χ4n) is 5.00. The minimum Gasteiger partial charge on any atom is -0.338 e. The van der Waals surface area contributed by atoms with Crippen molar-refractivity contribution in [3.05, 3.63) is 0 Å². The number of hydrogen-bond donors (Lipinski definition) is 0. The maximum Gasteiger partial charge on any atom is 0.226 e. The van der Waals surface area contributed by atoms with Crippen LogP contribution >= 0.6 is 0 Å². The van der Waals surface area contributed by atoms with E-state index in [0.29, 0.717) is 6.42 Å². The molecule has 0 heterocycles. The number of hydrogen-bond acceptors (Lipinski definition) is 2. The van der Waals surface area contributed by atoms with Crippen molar-refractivity contribution in [2.75, 3.05) is 0 Å². The Morgan fingerprint density at radius 3 is 1.31 bits per heavy atom. The molecule has 4 heteroatoms. The first-order chi connectivity index (χ1) is 15.0. The predicted molar refractivity (Wildman–Crippen MR) is 139 cm³/mol. The smallest absolute Gasteiger partial charge is 0.226 e. The number of nitrogens with zero attached hydrogens (tertiary/aromatic N) is 2. The second-order valence-electron chi connectivity index (χ2n) is 10.8. The summed E-state index contributed by atoms with van der Waals surface area (Å²) in [4.78, 5) is 30.5. The molecule has 0 bridgehead atoms. The molecule has 2 amide bonds. The monoisotopic (exact) mass is 452 g/mol. The molecule has 4 nitrogen and oxygen atoms in total. The normalized spacial score (nSPS) is 12.8. The summed E-state index contributed by atoms with van der Waals surface area (Å²) in [6.07, 6.45) is 14.0. The van der Waals surface area contributed by atoms with Crippen molar-refractivity contribution in [2.24, 2.45) is 5.92 Å². The van der Waals surface area contributed by atoms with Gasteiger partial charge in [-0.1, -0.05) is 71.1 Å². The summed E-state index contributed by atoms with van der Waals surface area (Å²) < 4.78 is 0. The first-order valence-corrected chi connectivity index (χ1v) is 13.7. The molecule has 0 aliphatic heterocycles. The Kier molecular flexibility index (Phi) is 16.8. The summed E-state index contributed by atoms with van der Waals surface area (Å²) in [6.45, 7) is 18.8. The van der Waals surface area contributed by atoms with Crippen molar-refractivity contribution in [2.45, 2.75) is 164 Å². The van der Waals surface area contributed by atoms with Crippen LogP contribution in [0.25, 0.3) is 0 Å². The second-order valence-corrected chi connectivity index (χ2v) is 10.8. The standard InChI is InChI=1S/C28H56N2O2/c1-10-11-12-13-14-15-16-17-18-19-20-26(28(32)30(24(6)7)25(8)9)21-27(31)29(22(2)3)23(4)5/h22-26H,10-21H2,1-9H3. The highest BCUT2D eigenvalue weighted by molar-refractivity contribution is 5.86. The maximum absolute atomic E-state index is 13.5. The zero-order valence-corrected chi connectivity index (χ0v) is 23.1. The summed E-state index contributed by atoms with van der Waals surface area (Å²) in [5, 5.41) is 0. The van der Waals surface area contributed by atoms with Crippen LogP contribution in [-0.2, 0) is 9.59 Å². The zero-order valence-electron chi connectivity index (χ0n) is 23.1. The third kappa shape index (κ3) is 12.3. The number of carbonyl (C=O) groups excluding carboxylic acids is 2. The van der Waals surface area contributed by atoms with E-state index >= 15 is 0 Å². The van der Waals surface area contributed by atoms with Gasteiger partial charge in [-0.25, -0.2) is 0 Å². The summed E-state index contributed by atoms with van der Waals surface area (Å²) in [7, 11) is 0. The summed E-state index contributed by atoms with van der Waals surface area (Å²) in [5.74, 6) is 0.0703. The summed E-state index contributed by atoms with van der Waals surface area (Å²) >= 11 is 0. The van der Waals surface area contributed by atoms with E-state index in [1.165, 1.54) is 51.4 Å². The molecule has 0 N–H and O–H groups in total. The van der Waals surface area contributed by atoms with Crippen LogP contribution in [0, 0.1) is 5.92 Å². The van der Waals surface area contributed by atoms with E-state index in [2.05, 4.69) is 62.3 Å². The molecule has 0 fully saturated rings. The van der Waals surface area contributed by atoms with Crippen LogP contribution in [0.3, 0.4) is 0 Å². The predicted octanol–water partition coefficient (Wildman–Crippen LogP) is 7.59. The van der Waals surface area contributed by atoms with Crippen molar-refractivity contribution >= 4 is 11.8 Å². The molecule has 0 aromatic carbocycles. The van der Waals surface area contributed by atoms with Crippen LogP contribution in [0.1, 0.15) is 139 Å². The van der Waals surface area contributed by atoms with Crippen LogP contribution in [0.2, 0.25) is 0 Å². The highest BCUT2D eigenvalue weighted by atomic mass is 16.2. The second kappa shape index (κ2) is 17.4. The van der Waals surface area contributed by atoms with Crippen molar-refractivity contribution in [3.8, 4) is 0 Å². The average molecular weight is 453 g/mol. The summed E-state index contributed by atoms with van der Waals surface area (Å²) in [5.41, 5.74) is 0. The van der Waals surface area contributed by atoms with E-state index in [0.717, 1.165) is 19.3 Å². The molecule has 0 saturated carbocycles. The summed E-state index contributed by atoms with van der Waals surface area (Å²) in [6, 6.07) is 0.613. The quantitative estimate of drug-likeness (QED) is 0.201. The zero-order chi connectivity index (χ0) is 24.7. The lowest BCUT2D eigenvalue weighted by atomic mass is 9.93. The number of amides is 2. The molecule has 1 atom stereocenters. The molecule has 1 unspecified atom stereocenters. The minimum absolute atomic E-state index is 0.118. The van der Waals surface area contributed by atoms with E-state index in [1.807, 2.05) is 9.80 Å². The molecule has 0 radical (unpaired) electrons. The Bertz CT molecular complexity index is 484. The fraction of sp³-hybridized carbons (Fsp3) is 0.929. The van der Waals surface area contributed by atoms with Gasteiger partial charge in [0.05, 0.1) is 0 Å². The van der Waals surface area contributed by atoms with Crippen molar-refractivity contribution in [1.29, 1.82) is 0 Å². The fourth-order valence-corrected chi connectivity index (χ4v) is 5.00. The lowest BCUT2D eigenvalue weighted by Crippen LogP contribution is -2.48. The topological polar surface area (TPSA) is 40.6 Å². The maximum atomic E-state index is 13.5. The number of unbranched alkanes of at least 4 members (excludes halogenated alkanes) is 9. The van der Waals surface area contributed by atoms with Crippen LogP contribution in [0.4, 0.5) is 0 Å². The first-order valence-electron chi connectivity index (χ1n) is 13.7. The molecule has 0 aliphatic rings. The molecule has 0 rings (SSSR count). The van der Waals surface area contributed by atoms with Gasteiger partial charge >= 0.3 is 0 Å². The third-order valence-electron chi connectivity index (χ3n) is 6.44.